The number of carbonyl (C=O) groups excluding carboxylic acids is 2. The number of benzene rings is 1. The number of unbranched alkanes of at least 4 members (excludes halogenated alkanes) is 1. The van der Waals surface area contributed by atoms with Crippen LogP contribution in [0.4, 0.5) is 0 Å². The van der Waals surface area contributed by atoms with E-state index in [-0.39, 0.29) is 17.7 Å². The molecule has 128 valence electrons. The van der Waals surface area contributed by atoms with Crippen molar-refractivity contribution in [2.24, 2.45) is 5.92 Å². The van der Waals surface area contributed by atoms with Crippen molar-refractivity contribution in [1.82, 2.24) is 10.6 Å². The van der Waals surface area contributed by atoms with Gasteiger partial charge >= 0.3 is 0 Å². The summed E-state index contributed by atoms with van der Waals surface area (Å²) >= 11 is 0. The van der Waals surface area contributed by atoms with Crippen LogP contribution in [0.1, 0.15) is 57.1 Å². The van der Waals surface area contributed by atoms with Crippen molar-refractivity contribution >= 4 is 11.8 Å². The molecule has 0 aliphatic heterocycles. The molecule has 23 heavy (non-hydrogen) atoms. The molecule has 0 saturated carbocycles. The largest absolute Gasteiger partial charge is 0.356 e. The summed E-state index contributed by atoms with van der Waals surface area (Å²) in [6.07, 6.45) is 2.28. The molecule has 2 N–H and O–H groups in total. The van der Waals surface area contributed by atoms with Gasteiger partial charge in [0.15, 0.2) is 0 Å². The highest BCUT2D eigenvalue weighted by molar-refractivity contribution is 5.76. The Kier molecular flexibility index (Phi) is 8.38. The quantitative estimate of drug-likeness (QED) is 0.687. The molecule has 1 atom stereocenters. The Morgan fingerprint density at radius 3 is 2.09 bits per heavy atom. The Morgan fingerprint density at radius 2 is 1.57 bits per heavy atom. The maximum Gasteiger partial charge on any atom is 0.220 e. The van der Waals surface area contributed by atoms with Gasteiger partial charge in [0.2, 0.25) is 11.8 Å². The molecular weight excluding hydrogens is 288 g/mol. The zero-order valence-electron chi connectivity index (χ0n) is 14.8. The molecule has 1 aromatic rings. The van der Waals surface area contributed by atoms with Crippen molar-refractivity contribution in [2.45, 2.75) is 52.9 Å². The first-order valence-electron chi connectivity index (χ1n) is 8.48. The molecule has 4 heteroatoms. The second-order valence-corrected chi connectivity index (χ2v) is 6.51. The van der Waals surface area contributed by atoms with Crippen LogP contribution in [-0.2, 0) is 9.59 Å². The van der Waals surface area contributed by atoms with Crippen LogP contribution >= 0.6 is 0 Å². The van der Waals surface area contributed by atoms with Crippen LogP contribution in [0.25, 0.3) is 0 Å². The third kappa shape index (κ3) is 7.82. The van der Waals surface area contributed by atoms with E-state index in [1.165, 1.54) is 18.1 Å². The van der Waals surface area contributed by atoms with Crippen LogP contribution in [0.5, 0.6) is 0 Å². The molecule has 0 bridgehead atoms. The van der Waals surface area contributed by atoms with E-state index in [1.807, 2.05) is 0 Å². The molecule has 0 aliphatic rings. The lowest BCUT2D eigenvalue weighted by atomic mass is 9.85. The summed E-state index contributed by atoms with van der Waals surface area (Å²) in [6.45, 7) is 9.23. The topological polar surface area (TPSA) is 58.2 Å². The van der Waals surface area contributed by atoms with Gasteiger partial charge in [0.1, 0.15) is 0 Å². The van der Waals surface area contributed by atoms with Gasteiger partial charge in [-0.05, 0) is 37.2 Å². The fourth-order valence-electron chi connectivity index (χ4n) is 2.57. The molecule has 2 amide bonds. The molecule has 0 aliphatic carbocycles. The van der Waals surface area contributed by atoms with Crippen LogP contribution < -0.4 is 10.6 Å². The minimum atomic E-state index is -0.00749. The van der Waals surface area contributed by atoms with Crippen LogP contribution in [0.2, 0.25) is 0 Å². The zero-order valence-corrected chi connectivity index (χ0v) is 14.8. The molecule has 0 heterocycles. The predicted molar refractivity (Wildman–Crippen MR) is 94.3 cm³/mol. The zero-order chi connectivity index (χ0) is 17.2. The van der Waals surface area contributed by atoms with E-state index >= 15 is 0 Å². The SMILES string of the molecule is CC(=O)NCCCCNC(=O)CC(c1ccc(C)cc1)C(C)C. The van der Waals surface area contributed by atoms with E-state index in [0.717, 1.165) is 12.8 Å². The van der Waals surface area contributed by atoms with Gasteiger partial charge < -0.3 is 10.6 Å². The van der Waals surface area contributed by atoms with E-state index in [4.69, 9.17) is 0 Å². The summed E-state index contributed by atoms with van der Waals surface area (Å²) in [5, 5.41) is 5.74. The molecule has 0 saturated heterocycles. The van der Waals surface area contributed by atoms with E-state index < -0.39 is 0 Å². The minimum absolute atomic E-state index is 0.00749. The molecule has 1 aromatic carbocycles. The lowest BCUT2D eigenvalue weighted by Crippen LogP contribution is -2.28. The molecule has 1 unspecified atom stereocenters. The lowest BCUT2D eigenvalue weighted by molar-refractivity contribution is -0.122. The molecule has 0 fully saturated rings. The number of nitrogens with one attached hydrogen (secondary N) is 2. The Labute approximate surface area is 140 Å². The average molecular weight is 318 g/mol. The fraction of sp³-hybridized carbons (Fsp3) is 0.579. The van der Waals surface area contributed by atoms with E-state index in [0.29, 0.717) is 25.4 Å². The van der Waals surface area contributed by atoms with Gasteiger partial charge in [-0.2, -0.15) is 0 Å². The number of amides is 2. The number of rotatable bonds is 9. The summed E-state index contributed by atoms with van der Waals surface area (Å²) in [7, 11) is 0. The summed E-state index contributed by atoms with van der Waals surface area (Å²) in [6, 6.07) is 8.46. The van der Waals surface area contributed by atoms with Gasteiger partial charge in [0.25, 0.3) is 0 Å². The third-order valence-electron chi connectivity index (χ3n) is 4.02. The first kappa shape index (κ1) is 19.2. The first-order chi connectivity index (χ1) is 10.9. The normalized spacial score (nSPS) is 12.0. The minimum Gasteiger partial charge on any atom is -0.356 e. The van der Waals surface area contributed by atoms with Crippen molar-refractivity contribution in [1.29, 1.82) is 0 Å². The van der Waals surface area contributed by atoms with Crippen molar-refractivity contribution in [2.75, 3.05) is 13.1 Å². The van der Waals surface area contributed by atoms with E-state index in [1.54, 1.807) is 0 Å². The Balaban J connectivity index is 2.37. The summed E-state index contributed by atoms with van der Waals surface area (Å²) in [5.41, 5.74) is 2.46. The molecule has 0 aromatic heterocycles. The lowest BCUT2D eigenvalue weighted by Gasteiger charge is -2.21. The number of aryl methyl sites for hydroxylation is 1. The highest BCUT2D eigenvalue weighted by Crippen LogP contribution is 2.28. The summed E-state index contributed by atoms with van der Waals surface area (Å²) < 4.78 is 0. The van der Waals surface area contributed by atoms with Gasteiger partial charge in [0, 0.05) is 26.4 Å². The highest BCUT2D eigenvalue weighted by atomic mass is 16.2. The molecule has 0 radical (unpaired) electrons. The smallest absolute Gasteiger partial charge is 0.220 e. The Hall–Kier alpha value is -1.84. The van der Waals surface area contributed by atoms with Crippen LogP contribution in [0.3, 0.4) is 0 Å². The predicted octanol–water partition coefficient (Wildman–Crippen LogP) is 3.16. The second kappa shape index (κ2) is 10.0. The number of carbonyl (C=O) groups is 2. The second-order valence-electron chi connectivity index (χ2n) is 6.51. The monoisotopic (exact) mass is 318 g/mol. The van der Waals surface area contributed by atoms with Crippen LogP contribution in [-0.4, -0.2) is 24.9 Å². The number of hydrogen-bond acceptors (Lipinski definition) is 2. The summed E-state index contributed by atoms with van der Waals surface area (Å²) in [5.74, 6) is 0.758. The molecule has 4 nitrogen and oxygen atoms in total. The summed E-state index contributed by atoms with van der Waals surface area (Å²) in [4.78, 5) is 22.9. The van der Waals surface area contributed by atoms with Gasteiger partial charge in [-0.3, -0.25) is 9.59 Å². The van der Waals surface area contributed by atoms with Crippen molar-refractivity contribution in [3.63, 3.8) is 0 Å². The van der Waals surface area contributed by atoms with Crippen molar-refractivity contribution < 1.29 is 9.59 Å². The van der Waals surface area contributed by atoms with Crippen molar-refractivity contribution in [3.8, 4) is 0 Å². The Bertz CT molecular complexity index is 495. The molecular formula is C19H30N2O2. The number of hydrogen-bond donors (Lipinski definition) is 2. The van der Waals surface area contributed by atoms with E-state index in [2.05, 4.69) is 55.7 Å². The van der Waals surface area contributed by atoms with Gasteiger partial charge in [-0.25, -0.2) is 0 Å². The standard InChI is InChI=1S/C19H30N2O2/c1-14(2)18(17-9-7-15(3)8-10-17)13-19(23)21-12-6-5-11-20-16(4)22/h7-10,14,18H,5-6,11-13H2,1-4H3,(H,20,22)(H,21,23). The average Bonchev–Trinajstić information content (AvgIpc) is 2.49. The van der Waals surface area contributed by atoms with Crippen LogP contribution in [0, 0.1) is 12.8 Å². The third-order valence-corrected chi connectivity index (χ3v) is 4.02. The fourth-order valence-corrected chi connectivity index (χ4v) is 2.57. The first-order valence-corrected chi connectivity index (χ1v) is 8.48. The van der Waals surface area contributed by atoms with Crippen molar-refractivity contribution in [3.05, 3.63) is 35.4 Å². The van der Waals surface area contributed by atoms with Gasteiger partial charge in [0.05, 0.1) is 0 Å². The van der Waals surface area contributed by atoms with E-state index in [9.17, 15) is 9.59 Å². The maximum atomic E-state index is 12.2. The molecule has 0 spiro atoms. The van der Waals surface area contributed by atoms with Gasteiger partial charge in [-0.1, -0.05) is 43.7 Å². The molecule has 1 rings (SSSR count). The Morgan fingerprint density at radius 1 is 1.00 bits per heavy atom. The van der Waals surface area contributed by atoms with Gasteiger partial charge in [-0.15, -0.1) is 0 Å². The van der Waals surface area contributed by atoms with Crippen LogP contribution in [0.15, 0.2) is 24.3 Å². The maximum absolute atomic E-state index is 12.2. The highest BCUT2D eigenvalue weighted by Gasteiger charge is 2.19.